The molecule has 0 aliphatic heterocycles. The summed E-state index contributed by atoms with van der Waals surface area (Å²) in [6.45, 7) is 2.02. The minimum Gasteiger partial charge on any atom is -0.481 e. The van der Waals surface area contributed by atoms with E-state index in [4.69, 9.17) is 9.84 Å². The van der Waals surface area contributed by atoms with Gasteiger partial charge in [-0.2, -0.15) is 0 Å². The van der Waals surface area contributed by atoms with Crippen LogP contribution >= 0.6 is 11.3 Å². The van der Waals surface area contributed by atoms with Crippen LogP contribution in [0.5, 0.6) is 0 Å². The topological polar surface area (TPSA) is 106 Å². The zero-order valence-electron chi connectivity index (χ0n) is 10.3. The van der Waals surface area contributed by atoms with E-state index in [0.717, 1.165) is 0 Å². The maximum absolute atomic E-state index is 11.4. The van der Waals surface area contributed by atoms with Crippen molar-refractivity contribution in [2.45, 2.75) is 26.2 Å². The van der Waals surface area contributed by atoms with Crippen molar-refractivity contribution in [3.63, 3.8) is 0 Å². The molecule has 19 heavy (non-hydrogen) atoms. The van der Waals surface area contributed by atoms with Crippen LogP contribution in [-0.4, -0.2) is 34.5 Å². The van der Waals surface area contributed by atoms with Crippen LogP contribution in [0.2, 0.25) is 0 Å². The second-order valence-corrected chi connectivity index (χ2v) is 4.43. The molecule has 0 saturated heterocycles. The van der Waals surface area contributed by atoms with Crippen LogP contribution in [0.1, 0.15) is 25.5 Å². The van der Waals surface area contributed by atoms with Crippen LogP contribution in [0.4, 0.5) is 5.13 Å². The Morgan fingerprint density at radius 1 is 1.42 bits per heavy atom. The predicted molar refractivity (Wildman–Crippen MR) is 68.0 cm³/mol. The summed E-state index contributed by atoms with van der Waals surface area (Å²) in [5.74, 6) is -1.83. The number of aliphatic carboxylic acids is 1. The minimum atomic E-state index is -1.03. The molecule has 0 bridgehead atoms. The van der Waals surface area contributed by atoms with Crippen molar-refractivity contribution < 1.29 is 24.2 Å². The fourth-order valence-electron chi connectivity index (χ4n) is 1.21. The second kappa shape index (κ2) is 7.47. The van der Waals surface area contributed by atoms with Crippen molar-refractivity contribution in [2.24, 2.45) is 0 Å². The van der Waals surface area contributed by atoms with Gasteiger partial charge in [0.05, 0.1) is 25.1 Å². The maximum Gasteiger partial charge on any atom is 0.311 e. The Bertz CT molecular complexity index is 471. The molecule has 1 aromatic rings. The van der Waals surface area contributed by atoms with Gasteiger partial charge in [-0.05, 0) is 6.92 Å². The summed E-state index contributed by atoms with van der Waals surface area (Å²) in [4.78, 5) is 36.9. The van der Waals surface area contributed by atoms with Crippen molar-refractivity contribution in [2.75, 3.05) is 11.9 Å². The van der Waals surface area contributed by atoms with Gasteiger partial charge in [-0.3, -0.25) is 14.4 Å². The van der Waals surface area contributed by atoms with Crippen molar-refractivity contribution >= 4 is 34.3 Å². The van der Waals surface area contributed by atoms with Gasteiger partial charge >= 0.3 is 11.9 Å². The first-order chi connectivity index (χ1) is 9.01. The number of amides is 1. The minimum absolute atomic E-state index is 0.0509. The molecule has 1 rings (SSSR count). The SMILES string of the molecule is CCOC(=O)Cc1csc(NC(=O)CCC(=O)O)n1. The Morgan fingerprint density at radius 2 is 2.16 bits per heavy atom. The fraction of sp³-hybridized carbons (Fsp3) is 0.455. The highest BCUT2D eigenvalue weighted by molar-refractivity contribution is 7.13. The van der Waals surface area contributed by atoms with Crippen molar-refractivity contribution in [3.8, 4) is 0 Å². The average Bonchev–Trinajstić information content (AvgIpc) is 2.74. The Labute approximate surface area is 113 Å². The lowest BCUT2D eigenvalue weighted by Crippen LogP contribution is -2.13. The van der Waals surface area contributed by atoms with Gasteiger partial charge in [0.1, 0.15) is 0 Å². The first-order valence-electron chi connectivity index (χ1n) is 5.63. The third-order valence-electron chi connectivity index (χ3n) is 1.99. The first-order valence-corrected chi connectivity index (χ1v) is 6.51. The number of ether oxygens (including phenoxy) is 1. The van der Waals surface area contributed by atoms with Crippen LogP contribution in [0.15, 0.2) is 5.38 Å². The molecule has 1 amide bonds. The second-order valence-electron chi connectivity index (χ2n) is 3.57. The molecule has 8 heteroatoms. The Kier molecular flexibility index (Phi) is 5.94. The quantitative estimate of drug-likeness (QED) is 0.726. The summed E-state index contributed by atoms with van der Waals surface area (Å²) in [6.07, 6.45) is -0.287. The van der Waals surface area contributed by atoms with E-state index in [0.29, 0.717) is 17.4 Å². The predicted octanol–water partition coefficient (Wildman–Crippen LogP) is 1.05. The summed E-state index contributed by atoms with van der Waals surface area (Å²) in [6, 6.07) is 0. The molecule has 0 radical (unpaired) electrons. The van der Waals surface area contributed by atoms with E-state index in [1.807, 2.05) is 0 Å². The lowest BCUT2D eigenvalue weighted by atomic mass is 10.3. The summed E-state index contributed by atoms with van der Waals surface area (Å²) in [7, 11) is 0. The molecule has 104 valence electrons. The highest BCUT2D eigenvalue weighted by Crippen LogP contribution is 2.16. The number of hydrogen-bond acceptors (Lipinski definition) is 6. The van der Waals surface area contributed by atoms with E-state index >= 15 is 0 Å². The zero-order chi connectivity index (χ0) is 14.3. The molecular formula is C11H14N2O5S. The number of carboxylic acid groups (broad SMARTS) is 1. The van der Waals surface area contributed by atoms with Gasteiger partial charge in [-0.25, -0.2) is 4.98 Å². The number of carbonyl (C=O) groups is 3. The highest BCUT2D eigenvalue weighted by atomic mass is 32.1. The molecule has 0 aliphatic carbocycles. The van der Waals surface area contributed by atoms with Gasteiger partial charge in [-0.15, -0.1) is 11.3 Å². The lowest BCUT2D eigenvalue weighted by Gasteiger charge is -1.99. The number of thiazole rings is 1. The molecule has 0 atom stereocenters. The number of esters is 1. The van der Waals surface area contributed by atoms with Gasteiger partial charge < -0.3 is 15.2 Å². The van der Waals surface area contributed by atoms with Gasteiger partial charge in [0.2, 0.25) is 5.91 Å². The Balaban J connectivity index is 2.44. The monoisotopic (exact) mass is 286 g/mol. The molecule has 0 aliphatic rings. The van der Waals surface area contributed by atoms with Gasteiger partial charge in [0.25, 0.3) is 0 Å². The maximum atomic E-state index is 11.4. The van der Waals surface area contributed by atoms with Crippen LogP contribution in [0.25, 0.3) is 0 Å². The van der Waals surface area contributed by atoms with E-state index in [9.17, 15) is 14.4 Å². The van der Waals surface area contributed by atoms with Gasteiger partial charge in [0.15, 0.2) is 5.13 Å². The molecule has 0 saturated carbocycles. The number of rotatable bonds is 7. The Morgan fingerprint density at radius 3 is 2.79 bits per heavy atom. The molecule has 0 unspecified atom stereocenters. The number of nitrogens with one attached hydrogen (secondary N) is 1. The standard InChI is InChI=1S/C11H14N2O5S/c1-2-18-10(17)5-7-6-19-11(12-7)13-8(14)3-4-9(15)16/h6H,2-5H2,1H3,(H,15,16)(H,12,13,14). The normalized spacial score (nSPS) is 9.95. The fourth-order valence-corrected chi connectivity index (χ4v) is 1.93. The molecule has 0 fully saturated rings. The van der Waals surface area contributed by atoms with Crippen LogP contribution in [0, 0.1) is 0 Å². The van der Waals surface area contributed by atoms with Gasteiger partial charge in [-0.1, -0.05) is 0 Å². The summed E-state index contributed by atoms with van der Waals surface area (Å²) in [5, 5.41) is 12.9. The van der Waals surface area contributed by atoms with Crippen molar-refractivity contribution in [1.82, 2.24) is 4.98 Å². The number of aromatic nitrogens is 1. The molecule has 1 aromatic heterocycles. The van der Waals surface area contributed by atoms with Crippen LogP contribution in [-0.2, 0) is 25.5 Å². The number of nitrogens with zero attached hydrogens (tertiary/aromatic N) is 1. The molecule has 0 spiro atoms. The Hall–Kier alpha value is -1.96. The molecule has 0 aromatic carbocycles. The number of carbonyl (C=O) groups excluding carboxylic acids is 2. The zero-order valence-corrected chi connectivity index (χ0v) is 11.2. The highest BCUT2D eigenvalue weighted by Gasteiger charge is 2.11. The van der Waals surface area contributed by atoms with Crippen LogP contribution in [0.3, 0.4) is 0 Å². The molecular weight excluding hydrogens is 272 g/mol. The summed E-state index contributed by atoms with van der Waals surface area (Å²) < 4.78 is 4.77. The third kappa shape index (κ3) is 5.96. The van der Waals surface area contributed by atoms with Crippen molar-refractivity contribution in [1.29, 1.82) is 0 Å². The summed E-state index contributed by atoms with van der Waals surface area (Å²) in [5.41, 5.74) is 0.511. The summed E-state index contributed by atoms with van der Waals surface area (Å²) >= 11 is 1.17. The van der Waals surface area contributed by atoms with E-state index in [1.165, 1.54) is 11.3 Å². The van der Waals surface area contributed by atoms with E-state index in [-0.39, 0.29) is 25.2 Å². The van der Waals surface area contributed by atoms with E-state index in [1.54, 1.807) is 12.3 Å². The van der Waals surface area contributed by atoms with Gasteiger partial charge in [0, 0.05) is 11.8 Å². The first kappa shape index (κ1) is 15.1. The number of hydrogen-bond donors (Lipinski definition) is 2. The molecule has 7 nitrogen and oxygen atoms in total. The lowest BCUT2D eigenvalue weighted by molar-refractivity contribution is -0.142. The van der Waals surface area contributed by atoms with Crippen LogP contribution < -0.4 is 5.32 Å². The number of carboxylic acids is 1. The number of anilines is 1. The third-order valence-corrected chi connectivity index (χ3v) is 2.80. The van der Waals surface area contributed by atoms with Crippen molar-refractivity contribution in [3.05, 3.63) is 11.1 Å². The largest absolute Gasteiger partial charge is 0.481 e. The molecule has 1 heterocycles. The smallest absolute Gasteiger partial charge is 0.311 e. The molecule has 2 N–H and O–H groups in total. The van der Waals surface area contributed by atoms with E-state index < -0.39 is 11.9 Å². The average molecular weight is 286 g/mol. The van der Waals surface area contributed by atoms with E-state index in [2.05, 4.69) is 10.3 Å².